The zero-order chi connectivity index (χ0) is 27.7. The van der Waals surface area contributed by atoms with Crippen molar-refractivity contribution in [1.82, 2.24) is 4.90 Å². The van der Waals surface area contributed by atoms with E-state index in [2.05, 4.69) is 0 Å². The summed E-state index contributed by atoms with van der Waals surface area (Å²) in [7, 11) is 1.93. The fraction of sp³-hybridized carbons (Fsp3) is 0.258. The molecule has 3 aromatic rings. The molecule has 5 rings (SSSR count). The standard InChI is InChI=1S/C31H30N2O6/c1-4-38-31(37)21-10-8-20(9-11-21)18-33-27(22-7-5-6-19(2)16-22)26(29(35)30(33)36)28(34)23-12-13-25-24(17-23)32(3)14-15-39-25/h5-13,16-17,27,34H,4,14-15,18H2,1-3H3/b28-26-. The van der Waals surface area contributed by atoms with Gasteiger partial charge in [-0.05, 0) is 55.3 Å². The van der Waals surface area contributed by atoms with Crippen molar-refractivity contribution in [3.63, 3.8) is 0 Å². The molecule has 200 valence electrons. The first kappa shape index (κ1) is 26.0. The Labute approximate surface area is 227 Å². The lowest BCUT2D eigenvalue weighted by Crippen LogP contribution is -2.29. The molecule has 3 aromatic carbocycles. The molecule has 0 aliphatic carbocycles. The van der Waals surface area contributed by atoms with E-state index in [4.69, 9.17) is 9.47 Å². The topological polar surface area (TPSA) is 96.4 Å². The minimum Gasteiger partial charge on any atom is -0.507 e. The SMILES string of the molecule is CCOC(=O)c1ccc(CN2C(=O)C(=O)/C(=C(\O)c3ccc4c(c3)N(C)CCO4)C2c2cccc(C)c2)cc1. The van der Waals surface area contributed by atoms with E-state index in [1.54, 1.807) is 49.4 Å². The van der Waals surface area contributed by atoms with Crippen molar-refractivity contribution < 1.29 is 29.0 Å². The number of esters is 1. The van der Waals surface area contributed by atoms with E-state index >= 15 is 0 Å². The van der Waals surface area contributed by atoms with Crippen LogP contribution in [-0.4, -0.2) is 54.5 Å². The minimum absolute atomic E-state index is 0.0353. The molecule has 2 heterocycles. The van der Waals surface area contributed by atoms with E-state index in [-0.39, 0.29) is 24.5 Å². The second kappa shape index (κ2) is 10.6. The normalized spacial score (nSPS) is 18.1. The summed E-state index contributed by atoms with van der Waals surface area (Å²) in [6, 6.07) is 18.7. The Bertz CT molecular complexity index is 1480. The van der Waals surface area contributed by atoms with E-state index in [0.29, 0.717) is 30.0 Å². The Morgan fingerprint density at radius 2 is 1.79 bits per heavy atom. The van der Waals surface area contributed by atoms with Crippen LogP contribution < -0.4 is 9.64 Å². The van der Waals surface area contributed by atoms with Gasteiger partial charge in [-0.25, -0.2) is 4.79 Å². The number of amides is 1. The summed E-state index contributed by atoms with van der Waals surface area (Å²) >= 11 is 0. The van der Waals surface area contributed by atoms with Crippen molar-refractivity contribution in [3.05, 3.63) is 100 Å². The molecule has 1 unspecified atom stereocenters. The first-order valence-electron chi connectivity index (χ1n) is 12.9. The van der Waals surface area contributed by atoms with E-state index in [0.717, 1.165) is 22.4 Å². The molecule has 1 amide bonds. The minimum atomic E-state index is -0.792. The predicted octanol–water partition coefficient (Wildman–Crippen LogP) is 4.62. The van der Waals surface area contributed by atoms with E-state index in [9.17, 15) is 19.5 Å². The quantitative estimate of drug-likeness (QED) is 0.217. The van der Waals surface area contributed by atoms with Crippen LogP contribution in [0.25, 0.3) is 5.76 Å². The maximum atomic E-state index is 13.5. The van der Waals surface area contributed by atoms with Crippen LogP contribution in [0.4, 0.5) is 5.69 Å². The van der Waals surface area contributed by atoms with Crippen LogP contribution in [0, 0.1) is 6.92 Å². The van der Waals surface area contributed by atoms with Gasteiger partial charge in [-0.1, -0.05) is 42.0 Å². The lowest BCUT2D eigenvalue weighted by atomic mass is 9.94. The number of likely N-dealkylation sites (N-methyl/N-ethyl adjacent to an activating group) is 1. The van der Waals surface area contributed by atoms with Crippen molar-refractivity contribution in [2.24, 2.45) is 0 Å². The zero-order valence-corrected chi connectivity index (χ0v) is 22.1. The van der Waals surface area contributed by atoms with Gasteiger partial charge in [0.15, 0.2) is 0 Å². The van der Waals surface area contributed by atoms with Crippen molar-refractivity contribution in [1.29, 1.82) is 0 Å². The third kappa shape index (κ3) is 4.97. The molecule has 1 atom stereocenters. The van der Waals surface area contributed by atoms with Gasteiger partial charge < -0.3 is 24.4 Å². The zero-order valence-electron chi connectivity index (χ0n) is 22.1. The lowest BCUT2D eigenvalue weighted by molar-refractivity contribution is -0.140. The summed E-state index contributed by atoms with van der Waals surface area (Å²) in [6.07, 6.45) is 0. The molecule has 2 aliphatic heterocycles. The van der Waals surface area contributed by atoms with Gasteiger partial charge in [0, 0.05) is 19.2 Å². The Balaban J connectivity index is 1.57. The van der Waals surface area contributed by atoms with Gasteiger partial charge in [0.1, 0.15) is 18.1 Å². The third-order valence-corrected chi connectivity index (χ3v) is 7.04. The Hall–Kier alpha value is -4.59. The summed E-state index contributed by atoms with van der Waals surface area (Å²) in [5.74, 6) is -1.41. The summed E-state index contributed by atoms with van der Waals surface area (Å²) < 4.78 is 10.8. The molecule has 1 N–H and O–H groups in total. The molecule has 0 radical (unpaired) electrons. The molecule has 39 heavy (non-hydrogen) atoms. The van der Waals surface area contributed by atoms with E-state index in [1.807, 2.05) is 43.1 Å². The summed E-state index contributed by atoms with van der Waals surface area (Å²) in [6.45, 7) is 5.32. The molecule has 0 saturated carbocycles. The number of carbonyl (C=O) groups is 3. The average molecular weight is 527 g/mol. The largest absolute Gasteiger partial charge is 0.507 e. The molecule has 1 saturated heterocycles. The number of aryl methyl sites for hydroxylation is 1. The fourth-order valence-electron chi connectivity index (χ4n) is 5.04. The molecular formula is C31H30N2O6. The monoisotopic (exact) mass is 526 g/mol. The molecule has 0 spiro atoms. The van der Waals surface area contributed by atoms with Crippen molar-refractivity contribution in [2.75, 3.05) is 31.7 Å². The van der Waals surface area contributed by atoms with Crippen LogP contribution >= 0.6 is 0 Å². The highest BCUT2D eigenvalue weighted by atomic mass is 16.5. The lowest BCUT2D eigenvalue weighted by Gasteiger charge is -2.28. The van der Waals surface area contributed by atoms with Gasteiger partial charge in [-0.3, -0.25) is 9.59 Å². The number of aliphatic hydroxyl groups excluding tert-OH is 1. The Kier molecular flexibility index (Phi) is 7.11. The Morgan fingerprint density at radius 3 is 2.51 bits per heavy atom. The first-order valence-corrected chi connectivity index (χ1v) is 12.9. The van der Waals surface area contributed by atoms with Crippen LogP contribution in [0.5, 0.6) is 5.75 Å². The fourth-order valence-corrected chi connectivity index (χ4v) is 5.04. The van der Waals surface area contributed by atoms with Gasteiger partial charge in [0.25, 0.3) is 11.7 Å². The van der Waals surface area contributed by atoms with Crippen LogP contribution in [-0.2, 0) is 20.9 Å². The second-order valence-electron chi connectivity index (χ2n) is 9.71. The molecule has 8 nitrogen and oxygen atoms in total. The number of anilines is 1. The smallest absolute Gasteiger partial charge is 0.338 e. The molecule has 8 heteroatoms. The number of aliphatic hydroxyl groups is 1. The maximum absolute atomic E-state index is 13.5. The van der Waals surface area contributed by atoms with Crippen LogP contribution in [0.15, 0.2) is 72.3 Å². The highest BCUT2D eigenvalue weighted by molar-refractivity contribution is 6.46. The van der Waals surface area contributed by atoms with E-state index < -0.39 is 23.7 Å². The van der Waals surface area contributed by atoms with Gasteiger partial charge >= 0.3 is 5.97 Å². The van der Waals surface area contributed by atoms with Crippen LogP contribution in [0.1, 0.15) is 45.6 Å². The number of carbonyl (C=O) groups excluding carboxylic acids is 3. The number of likely N-dealkylation sites (tertiary alicyclic amines) is 1. The number of Topliss-reactive ketones (excluding diaryl/α,β-unsaturated/α-hetero) is 1. The van der Waals surface area contributed by atoms with Crippen LogP contribution in [0.3, 0.4) is 0 Å². The van der Waals surface area contributed by atoms with Crippen molar-refractivity contribution in [2.45, 2.75) is 26.4 Å². The van der Waals surface area contributed by atoms with Crippen LogP contribution in [0.2, 0.25) is 0 Å². The molecule has 1 fully saturated rings. The average Bonchev–Trinajstić information content (AvgIpc) is 3.18. The third-order valence-electron chi connectivity index (χ3n) is 7.04. The summed E-state index contributed by atoms with van der Waals surface area (Å²) in [4.78, 5) is 42.4. The highest BCUT2D eigenvalue weighted by Gasteiger charge is 2.46. The van der Waals surface area contributed by atoms with Gasteiger partial charge in [0.2, 0.25) is 0 Å². The number of fused-ring (bicyclic) bond motifs is 1. The Morgan fingerprint density at radius 1 is 1.05 bits per heavy atom. The number of nitrogens with zero attached hydrogens (tertiary/aromatic N) is 2. The molecular weight excluding hydrogens is 496 g/mol. The van der Waals surface area contributed by atoms with E-state index in [1.165, 1.54) is 4.90 Å². The number of benzene rings is 3. The molecule has 0 aromatic heterocycles. The summed E-state index contributed by atoms with van der Waals surface area (Å²) in [5.41, 5.74) is 4.08. The number of hydrogen-bond donors (Lipinski definition) is 1. The number of rotatable bonds is 6. The highest BCUT2D eigenvalue weighted by Crippen LogP contribution is 2.42. The van der Waals surface area contributed by atoms with Gasteiger partial charge in [0.05, 0.1) is 36.0 Å². The number of ketones is 1. The maximum Gasteiger partial charge on any atom is 0.338 e. The van der Waals surface area contributed by atoms with Crippen molar-refractivity contribution in [3.8, 4) is 5.75 Å². The predicted molar refractivity (Wildman–Crippen MR) is 147 cm³/mol. The van der Waals surface area contributed by atoms with Crippen molar-refractivity contribution >= 4 is 29.1 Å². The molecule has 2 aliphatic rings. The molecule has 0 bridgehead atoms. The van der Waals surface area contributed by atoms with Gasteiger partial charge in [-0.2, -0.15) is 0 Å². The second-order valence-corrected chi connectivity index (χ2v) is 9.71. The number of hydrogen-bond acceptors (Lipinski definition) is 7. The summed E-state index contributed by atoms with van der Waals surface area (Å²) in [5, 5.41) is 11.5. The van der Waals surface area contributed by atoms with Gasteiger partial charge in [-0.15, -0.1) is 0 Å². The first-order chi connectivity index (χ1) is 18.8. The number of ether oxygens (including phenoxy) is 2.